The zero-order valence-electron chi connectivity index (χ0n) is 11.6. The Hall–Kier alpha value is -2.07. The van der Waals surface area contributed by atoms with Crippen LogP contribution in [0.5, 0.6) is 11.5 Å². The minimum absolute atomic E-state index is 0.289. The Morgan fingerprint density at radius 2 is 1.95 bits per heavy atom. The number of nitrogens with two attached hydrogens (primary N) is 1. The smallest absolute Gasteiger partial charge is 0.123 e. The maximum atomic E-state index is 5.86. The fourth-order valence-electron chi connectivity index (χ4n) is 2.47. The van der Waals surface area contributed by atoms with Crippen molar-refractivity contribution < 1.29 is 9.47 Å². The summed E-state index contributed by atoms with van der Waals surface area (Å²) in [6.45, 7) is 1.30. The fourth-order valence-corrected chi connectivity index (χ4v) is 2.64. The van der Waals surface area contributed by atoms with Crippen LogP contribution in [-0.4, -0.2) is 18.2 Å². The lowest BCUT2D eigenvalue weighted by molar-refractivity contribution is 0.248. The van der Waals surface area contributed by atoms with E-state index in [4.69, 9.17) is 27.4 Å². The highest BCUT2D eigenvalue weighted by molar-refractivity contribution is 7.80. The van der Waals surface area contributed by atoms with E-state index in [0.29, 0.717) is 24.6 Å². The highest BCUT2D eigenvalue weighted by Gasteiger charge is 2.24. The summed E-state index contributed by atoms with van der Waals surface area (Å²) in [6, 6.07) is 16.0. The van der Waals surface area contributed by atoms with Crippen LogP contribution in [0.2, 0.25) is 0 Å². The number of ether oxygens (including phenoxy) is 2. The molecule has 0 fully saturated rings. The first kappa shape index (κ1) is 13.9. The lowest BCUT2D eigenvalue weighted by Gasteiger charge is -2.11. The normalized spacial score (nSPS) is 16.1. The maximum absolute atomic E-state index is 5.86. The number of thiocarbonyl (C=S) groups is 1. The van der Waals surface area contributed by atoms with Crippen molar-refractivity contribution in [2.45, 2.75) is 12.3 Å². The summed E-state index contributed by atoms with van der Waals surface area (Å²) >= 11 is 4.90. The van der Waals surface area contributed by atoms with Crippen molar-refractivity contribution in [2.75, 3.05) is 13.2 Å². The van der Waals surface area contributed by atoms with E-state index in [0.717, 1.165) is 17.1 Å². The van der Waals surface area contributed by atoms with Gasteiger partial charge < -0.3 is 15.2 Å². The van der Waals surface area contributed by atoms with Gasteiger partial charge in [-0.3, -0.25) is 0 Å². The second-order valence-corrected chi connectivity index (χ2v) is 5.67. The van der Waals surface area contributed by atoms with Crippen molar-refractivity contribution >= 4 is 17.2 Å². The van der Waals surface area contributed by atoms with E-state index in [2.05, 4.69) is 6.07 Å². The van der Waals surface area contributed by atoms with Gasteiger partial charge in [0.15, 0.2) is 0 Å². The molecular weight excluding hydrogens is 282 g/mol. The number of hydrogen-bond donors (Lipinski definition) is 1. The van der Waals surface area contributed by atoms with Crippen molar-refractivity contribution in [3.05, 3.63) is 59.7 Å². The molecular formula is C17H17NO2S. The molecule has 0 amide bonds. The van der Waals surface area contributed by atoms with Crippen LogP contribution in [0, 0.1) is 0 Å². The Morgan fingerprint density at radius 3 is 2.71 bits per heavy atom. The van der Waals surface area contributed by atoms with Crippen LogP contribution in [0.15, 0.2) is 48.5 Å². The SMILES string of the molecule is NC(=S)Cc1ccc(OCC2COc3ccccc32)cc1. The molecule has 2 N–H and O–H groups in total. The Kier molecular flexibility index (Phi) is 4.06. The van der Waals surface area contributed by atoms with E-state index in [9.17, 15) is 0 Å². The van der Waals surface area contributed by atoms with Crippen LogP contribution in [0.1, 0.15) is 17.0 Å². The van der Waals surface area contributed by atoms with Gasteiger partial charge in [-0.15, -0.1) is 0 Å². The quantitative estimate of drug-likeness (QED) is 0.862. The number of hydrogen-bond acceptors (Lipinski definition) is 3. The molecule has 1 heterocycles. The van der Waals surface area contributed by atoms with E-state index in [1.807, 2.05) is 42.5 Å². The third kappa shape index (κ3) is 3.34. The topological polar surface area (TPSA) is 44.5 Å². The van der Waals surface area contributed by atoms with Gasteiger partial charge in [-0.2, -0.15) is 0 Å². The molecule has 0 spiro atoms. The molecule has 108 valence electrons. The van der Waals surface area contributed by atoms with Crippen molar-refractivity contribution in [1.29, 1.82) is 0 Å². The molecule has 4 heteroatoms. The summed E-state index contributed by atoms with van der Waals surface area (Å²) in [5, 5.41) is 0. The van der Waals surface area contributed by atoms with E-state index in [-0.39, 0.29) is 5.92 Å². The minimum Gasteiger partial charge on any atom is -0.493 e. The highest BCUT2D eigenvalue weighted by Crippen LogP contribution is 2.33. The van der Waals surface area contributed by atoms with Gasteiger partial charge in [0, 0.05) is 12.0 Å². The van der Waals surface area contributed by atoms with Gasteiger partial charge >= 0.3 is 0 Å². The van der Waals surface area contributed by atoms with Crippen molar-refractivity contribution in [1.82, 2.24) is 0 Å². The molecule has 0 saturated heterocycles. The third-order valence-electron chi connectivity index (χ3n) is 3.55. The predicted molar refractivity (Wildman–Crippen MR) is 87.1 cm³/mol. The zero-order valence-corrected chi connectivity index (χ0v) is 12.4. The average molecular weight is 299 g/mol. The van der Waals surface area contributed by atoms with Crippen LogP contribution in [-0.2, 0) is 6.42 Å². The molecule has 1 aliphatic rings. The van der Waals surface area contributed by atoms with Crippen LogP contribution in [0.3, 0.4) is 0 Å². The Labute approximate surface area is 129 Å². The molecule has 1 aliphatic heterocycles. The molecule has 0 aliphatic carbocycles. The van der Waals surface area contributed by atoms with Crippen LogP contribution in [0.25, 0.3) is 0 Å². The molecule has 0 radical (unpaired) electrons. The van der Waals surface area contributed by atoms with Crippen molar-refractivity contribution in [2.24, 2.45) is 5.73 Å². The molecule has 0 aromatic heterocycles. The standard InChI is InChI=1S/C17H17NO2S/c18-17(21)9-12-5-7-14(8-6-12)19-10-13-11-20-16-4-2-1-3-15(13)16/h1-8,13H,9-11H2,(H2,18,21). The monoisotopic (exact) mass is 299 g/mol. The summed E-state index contributed by atoms with van der Waals surface area (Å²) < 4.78 is 11.5. The van der Waals surface area contributed by atoms with Crippen molar-refractivity contribution in [3.63, 3.8) is 0 Å². The number of fused-ring (bicyclic) bond motifs is 1. The summed E-state index contributed by atoms with van der Waals surface area (Å²) in [6.07, 6.45) is 0.624. The number of benzene rings is 2. The first-order valence-electron chi connectivity index (χ1n) is 6.94. The van der Waals surface area contributed by atoms with Crippen LogP contribution in [0.4, 0.5) is 0 Å². The first-order valence-corrected chi connectivity index (χ1v) is 7.35. The first-order chi connectivity index (χ1) is 10.2. The lowest BCUT2D eigenvalue weighted by atomic mass is 10.0. The maximum Gasteiger partial charge on any atom is 0.123 e. The predicted octanol–water partition coefficient (Wildman–Crippen LogP) is 3.07. The van der Waals surface area contributed by atoms with Crippen molar-refractivity contribution in [3.8, 4) is 11.5 Å². The molecule has 2 aromatic rings. The van der Waals surface area contributed by atoms with E-state index in [1.165, 1.54) is 5.56 Å². The van der Waals surface area contributed by atoms with E-state index in [1.54, 1.807) is 0 Å². The van der Waals surface area contributed by atoms with Crippen LogP contribution < -0.4 is 15.2 Å². The van der Waals surface area contributed by atoms with Crippen LogP contribution >= 0.6 is 12.2 Å². The van der Waals surface area contributed by atoms with Gasteiger partial charge in [-0.25, -0.2) is 0 Å². The third-order valence-corrected chi connectivity index (χ3v) is 3.70. The summed E-state index contributed by atoms with van der Waals surface area (Å²) in [4.78, 5) is 0.503. The number of rotatable bonds is 5. The summed E-state index contributed by atoms with van der Waals surface area (Å²) in [5.41, 5.74) is 7.86. The zero-order chi connectivity index (χ0) is 14.7. The second kappa shape index (κ2) is 6.14. The molecule has 1 unspecified atom stereocenters. The van der Waals surface area contributed by atoms with E-state index >= 15 is 0 Å². The molecule has 2 aromatic carbocycles. The van der Waals surface area contributed by atoms with Gasteiger partial charge in [0.1, 0.15) is 11.5 Å². The Balaban J connectivity index is 1.60. The summed E-state index contributed by atoms with van der Waals surface area (Å²) in [7, 11) is 0. The minimum atomic E-state index is 0.289. The molecule has 1 atom stereocenters. The van der Waals surface area contributed by atoms with Gasteiger partial charge in [-0.05, 0) is 23.8 Å². The Bertz CT molecular complexity index is 639. The largest absolute Gasteiger partial charge is 0.493 e. The van der Waals surface area contributed by atoms with Gasteiger partial charge in [0.25, 0.3) is 0 Å². The Morgan fingerprint density at radius 1 is 1.19 bits per heavy atom. The second-order valence-electron chi connectivity index (χ2n) is 5.14. The van der Waals surface area contributed by atoms with Gasteiger partial charge in [-0.1, -0.05) is 42.5 Å². The van der Waals surface area contributed by atoms with Gasteiger partial charge in [0.2, 0.25) is 0 Å². The molecule has 3 rings (SSSR count). The average Bonchev–Trinajstić information content (AvgIpc) is 2.89. The molecule has 0 bridgehead atoms. The molecule has 21 heavy (non-hydrogen) atoms. The fraction of sp³-hybridized carbons (Fsp3) is 0.235. The lowest BCUT2D eigenvalue weighted by Crippen LogP contribution is -2.12. The molecule has 0 saturated carbocycles. The highest BCUT2D eigenvalue weighted by atomic mass is 32.1. The van der Waals surface area contributed by atoms with Gasteiger partial charge in [0.05, 0.1) is 24.1 Å². The summed E-state index contributed by atoms with van der Waals surface area (Å²) in [5.74, 6) is 2.11. The molecule has 3 nitrogen and oxygen atoms in total. The number of para-hydroxylation sites is 1. The van der Waals surface area contributed by atoms with E-state index < -0.39 is 0 Å².